The molecule has 21 heavy (non-hydrogen) atoms. The Kier molecular flexibility index (Phi) is 4.96. The summed E-state index contributed by atoms with van der Waals surface area (Å²) in [5, 5.41) is 3.43. The number of nitrogens with one attached hydrogen (secondary N) is 1. The Hall–Kier alpha value is -0.870. The molecular weight excluding hydrogens is 280 g/mol. The van der Waals surface area contributed by atoms with Gasteiger partial charge in [-0.25, -0.2) is 0 Å². The van der Waals surface area contributed by atoms with E-state index in [0.29, 0.717) is 5.92 Å². The van der Waals surface area contributed by atoms with E-state index in [0.717, 1.165) is 30.9 Å². The maximum absolute atomic E-state index is 12.6. The predicted molar refractivity (Wildman–Crippen MR) is 88.1 cm³/mol. The standard InChI is InChI=1S/C17H26N2OS/c1-19(12-13-6-5-9-18-11-13)17(20)16-10-14-7-3-2-4-8-15(14)21-16/h10,13,18H,2-9,11-12H2,1H3. The molecule has 1 N–H and O–H groups in total. The Morgan fingerprint density at radius 3 is 3.00 bits per heavy atom. The first-order valence-corrected chi connectivity index (χ1v) is 9.13. The number of fused-ring (bicyclic) bond motifs is 1. The molecule has 0 radical (unpaired) electrons. The molecule has 1 unspecified atom stereocenters. The molecule has 116 valence electrons. The van der Waals surface area contributed by atoms with Gasteiger partial charge in [-0.15, -0.1) is 11.3 Å². The van der Waals surface area contributed by atoms with Crippen LogP contribution in [0.5, 0.6) is 0 Å². The van der Waals surface area contributed by atoms with Gasteiger partial charge in [0.2, 0.25) is 0 Å². The van der Waals surface area contributed by atoms with Gasteiger partial charge in [-0.1, -0.05) is 6.42 Å². The van der Waals surface area contributed by atoms with Gasteiger partial charge in [-0.2, -0.15) is 0 Å². The number of aryl methyl sites for hydroxylation is 2. The second kappa shape index (κ2) is 6.93. The van der Waals surface area contributed by atoms with Crippen molar-refractivity contribution in [2.45, 2.75) is 44.9 Å². The van der Waals surface area contributed by atoms with E-state index in [1.807, 2.05) is 11.9 Å². The van der Waals surface area contributed by atoms with Crippen molar-refractivity contribution < 1.29 is 4.79 Å². The molecular formula is C17H26N2OS. The van der Waals surface area contributed by atoms with E-state index in [-0.39, 0.29) is 5.91 Å². The van der Waals surface area contributed by atoms with Gasteiger partial charge in [0.25, 0.3) is 5.91 Å². The molecule has 1 aromatic heterocycles. The van der Waals surface area contributed by atoms with Crippen LogP contribution in [0.1, 0.15) is 52.2 Å². The number of carbonyl (C=O) groups excluding carboxylic acids is 1. The van der Waals surface area contributed by atoms with Gasteiger partial charge in [0.05, 0.1) is 4.88 Å². The van der Waals surface area contributed by atoms with Crippen molar-refractivity contribution in [3.8, 4) is 0 Å². The van der Waals surface area contributed by atoms with Crippen molar-refractivity contribution in [2.24, 2.45) is 5.92 Å². The van der Waals surface area contributed by atoms with Crippen molar-refractivity contribution in [3.05, 3.63) is 21.4 Å². The van der Waals surface area contributed by atoms with Crippen molar-refractivity contribution in [2.75, 3.05) is 26.7 Å². The van der Waals surface area contributed by atoms with Gasteiger partial charge in [0.15, 0.2) is 0 Å². The Labute approximate surface area is 131 Å². The molecule has 0 aromatic carbocycles. The molecule has 1 aliphatic heterocycles. The lowest BCUT2D eigenvalue weighted by atomic mass is 9.99. The number of piperidine rings is 1. The molecule has 1 saturated heterocycles. The zero-order valence-corrected chi connectivity index (χ0v) is 13.8. The van der Waals surface area contributed by atoms with Crippen LogP contribution in [-0.2, 0) is 12.8 Å². The van der Waals surface area contributed by atoms with Gasteiger partial charge >= 0.3 is 0 Å². The molecule has 1 fully saturated rings. The van der Waals surface area contributed by atoms with Crippen LogP contribution < -0.4 is 5.32 Å². The fourth-order valence-corrected chi connectivity index (χ4v) is 4.76. The molecule has 1 aromatic rings. The summed E-state index contributed by atoms with van der Waals surface area (Å²) in [7, 11) is 1.96. The average molecular weight is 306 g/mol. The molecule has 3 nitrogen and oxygen atoms in total. The first kappa shape index (κ1) is 15.0. The van der Waals surface area contributed by atoms with Crippen LogP contribution in [0.3, 0.4) is 0 Å². The first-order valence-electron chi connectivity index (χ1n) is 8.32. The first-order chi connectivity index (χ1) is 10.2. The Bertz CT molecular complexity index is 467. The molecule has 1 atom stereocenters. The number of thiophene rings is 1. The molecule has 4 heteroatoms. The van der Waals surface area contributed by atoms with E-state index in [4.69, 9.17) is 0 Å². The van der Waals surface area contributed by atoms with Crippen LogP contribution in [0.4, 0.5) is 0 Å². The van der Waals surface area contributed by atoms with Gasteiger partial charge in [0, 0.05) is 18.5 Å². The predicted octanol–water partition coefficient (Wildman–Crippen LogP) is 3.09. The largest absolute Gasteiger partial charge is 0.341 e. The lowest BCUT2D eigenvalue weighted by molar-refractivity contribution is 0.0769. The summed E-state index contributed by atoms with van der Waals surface area (Å²) < 4.78 is 0. The molecule has 1 aliphatic carbocycles. The summed E-state index contributed by atoms with van der Waals surface area (Å²) in [6, 6.07) is 2.17. The SMILES string of the molecule is CN(CC1CCCNC1)C(=O)c1cc2c(s1)CCCCC2. The second-order valence-electron chi connectivity index (χ2n) is 6.52. The lowest BCUT2D eigenvalue weighted by Gasteiger charge is -2.27. The van der Waals surface area contributed by atoms with Crippen molar-refractivity contribution in [3.63, 3.8) is 0 Å². The number of carbonyl (C=O) groups is 1. The quantitative estimate of drug-likeness (QED) is 0.870. The van der Waals surface area contributed by atoms with E-state index in [1.54, 1.807) is 11.3 Å². The normalized spacial score (nSPS) is 22.4. The lowest BCUT2D eigenvalue weighted by Crippen LogP contribution is -2.39. The van der Waals surface area contributed by atoms with Gasteiger partial charge in [-0.05, 0) is 69.2 Å². The van der Waals surface area contributed by atoms with Gasteiger partial charge in [-0.3, -0.25) is 4.79 Å². The fraction of sp³-hybridized carbons (Fsp3) is 0.706. The Morgan fingerprint density at radius 1 is 1.33 bits per heavy atom. The summed E-state index contributed by atoms with van der Waals surface area (Å²) in [6.07, 6.45) is 8.70. The Balaban J connectivity index is 1.64. The number of nitrogens with zero attached hydrogens (tertiary/aromatic N) is 1. The molecule has 0 bridgehead atoms. The summed E-state index contributed by atoms with van der Waals surface area (Å²) in [4.78, 5) is 17.0. The number of rotatable bonds is 3. The van der Waals surface area contributed by atoms with Crippen LogP contribution in [0.25, 0.3) is 0 Å². The molecule has 1 amide bonds. The maximum atomic E-state index is 12.6. The summed E-state index contributed by atoms with van der Waals surface area (Å²) in [5.41, 5.74) is 1.44. The smallest absolute Gasteiger partial charge is 0.263 e. The van der Waals surface area contributed by atoms with Crippen LogP contribution in [0.15, 0.2) is 6.07 Å². The third kappa shape index (κ3) is 3.67. The van der Waals surface area contributed by atoms with E-state index in [9.17, 15) is 4.79 Å². The van der Waals surface area contributed by atoms with Crippen LogP contribution in [0.2, 0.25) is 0 Å². The summed E-state index contributed by atoms with van der Waals surface area (Å²) in [5.74, 6) is 0.837. The van der Waals surface area contributed by atoms with Crippen molar-refractivity contribution in [1.29, 1.82) is 0 Å². The highest BCUT2D eigenvalue weighted by molar-refractivity contribution is 7.14. The van der Waals surface area contributed by atoms with E-state index >= 15 is 0 Å². The van der Waals surface area contributed by atoms with Crippen LogP contribution in [-0.4, -0.2) is 37.5 Å². The molecule has 2 aliphatic rings. The van der Waals surface area contributed by atoms with Crippen LogP contribution >= 0.6 is 11.3 Å². The molecule has 3 rings (SSSR count). The van der Waals surface area contributed by atoms with Gasteiger partial charge in [0.1, 0.15) is 0 Å². The summed E-state index contributed by atoms with van der Waals surface area (Å²) >= 11 is 1.74. The van der Waals surface area contributed by atoms with E-state index in [2.05, 4.69) is 11.4 Å². The minimum absolute atomic E-state index is 0.221. The zero-order chi connectivity index (χ0) is 14.7. The number of hydrogen-bond acceptors (Lipinski definition) is 3. The topological polar surface area (TPSA) is 32.3 Å². The second-order valence-corrected chi connectivity index (χ2v) is 7.65. The minimum Gasteiger partial charge on any atom is -0.341 e. The molecule has 0 saturated carbocycles. The highest BCUT2D eigenvalue weighted by atomic mass is 32.1. The maximum Gasteiger partial charge on any atom is 0.263 e. The minimum atomic E-state index is 0.221. The van der Waals surface area contributed by atoms with Crippen molar-refractivity contribution >= 4 is 17.2 Å². The fourth-order valence-electron chi connectivity index (χ4n) is 3.51. The number of amides is 1. The number of hydrogen-bond donors (Lipinski definition) is 1. The zero-order valence-electron chi connectivity index (χ0n) is 13.0. The van der Waals surface area contributed by atoms with E-state index in [1.165, 1.54) is 49.0 Å². The Morgan fingerprint density at radius 2 is 2.19 bits per heavy atom. The third-order valence-corrected chi connectivity index (χ3v) is 5.96. The molecule has 0 spiro atoms. The highest BCUT2D eigenvalue weighted by Crippen LogP contribution is 2.29. The highest BCUT2D eigenvalue weighted by Gasteiger charge is 2.22. The third-order valence-electron chi connectivity index (χ3n) is 4.74. The van der Waals surface area contributed by atoms with Crippen LogP contribution in [0, 0.1) is 5.92 Å². The van der Waals surface area contributed by atoms with Crippen molar-refractivity contribution in [1.82, 2.24) is 10.2 Å². The monoisotopic (exact) mass is 306 g/mol. The van der Waals surface area contributed by atoms with E-state index < -0.39 is 0 Å². The molecule has 2 heterocycles. The van der Waals surface area contributed by atoms with Gasteiger partial charge < -0.3 is 10.2 Å². The summed E-state index contributed by atoms with van der Waals surface area (Å²) in [6.45, 7) is 3.07. The average Bonchev–Trinajstić information content (AvgIpc) is 2.78.